The van der Waals surface area contributed by atoms with E-state index in [0.717, 1.165) is 83.1 Å². The van der Waals surface area contributed by atoms with Crippen LogP contribution in [0.5, 0.6) is 5.75 Å². The molecule has 2 aromatic carbocycles. The van der Waals surface area contributed by atoms with Crippen LogP contribution in [0.4, 0.5) is 0 Å². The van der Waals surface area contributed by atoms with Crippen LogP contribution >= 0.6 is 0 Å². The van der Waals surface area contributed by atoms with Gasteiger partial charge in [0, 0.05) is 85.6 Å². The molecule has 2 fully saturated rings. The first-order valence-corrected chi connectivity index (χ1v) is 25.0. The number of likely N-dealkylation sites (N-methyl/N-ethyl adjacent to an activating group) is 1. The zero-order valence-corrected chi connectivity index (χ0v) is 41.9. The summed E-state index contributed by atoms with van der Waals surface area (Å²) in [7, 11) is 3.81. The summed E-state index contributed by atoms with van der Waals surface area (Å²) in [5, 5.41) is 32.9. The Balaban J connectivity index is 1.36. The summed E-state index contributed by atoms with van der Waals surface area (Å²) in [6.07, 6.45) is 9.84. The summed E-state index contributed by atoms with van der Waals surface area (Å²) in [4.78, 5) is 58.8. The average molecular weight is 946 g/mol. The third-order valence-electron chi connectivity index (χ3n) is 14.2. The number of amides is 3. The van der Waals surface area contributed by atoms with Crippen molar-refractivity contribution in [2.24, 2.45) is 17.3 Å². The number of nitrogens with zero attached hydrogens (tertiary/aromatic N) is 5. The van der Waals surface area contributed by atoms with Gasteiger partial charge in [-0.25, -0.2) is 5.43 Å². The normalized spacial score (nSPS) is 16.3. The number of aryl methyl sites for hydroxylation is 1. The Kier molecular flexibility index (Phi) is 18.8. The fourth-order valence-corrected chi connectivity index (χ4v) is 10.8. The van der Waals surface area contributed by atoms with E-state index in [1.807, 2.05) is 32.4 Å². The number of nitriles is 1. The van der Waals surface area contributed by atoms with E-state index >= 15 is 0 Å². The molecule has 3 amide bonds. The van der Waals surface area contributed by atoms with Crippen LogP contribution < -0.4 is 21.4 Å². The van der Waals surface area contributed by atoms with Gasteiger partial charge in [-0.3, -0.25) is 34.1 Å². The first kappa shape index (κ1) is 52.5. The molecule has 6 rings (SSSR count). The molecule has 15 nitrogen and oxygen atoms in total. The van der Waals surface area contributed by atoms with Crippen molar-refractivity contribution in [3.63, 3.8) is 0 Å². The van der Waals surface area contributed by atoms with Crippen LogP contribution in [0.3, 0.4) is 0 Å². The predicted molar refractivity (Wildman–Crippen MR) is 270 cm³/mol. The SMILES string of the molecule is CCn1c(-c2cccnc2C(C)C)c(CC(C)(C)COC=O)c2cc(-c3cc(O)cc(CC(NC(=O)C(C4CCCC4)N(C)CCC(NC)C(CC#N)CNC=O)C(=O)N4CCCCN4)c3)ccc21. The molecule has 372 valence electrons. The lowest BCUT2D eigenvalue weighted by Gasteiger charge is -2.36. The minimum Gasteiger partial charge on any atom is -0.508 e. The molecule has 1 aliphatic heterocycles. The maximum atomic E-state index is 14.8. The smallest absolute Gasteiger partial charge is 0.293 e. The number of hydrogen-bond donors (Lipinski definition) is 5. The number of nitrogens with one attached hydrogen (secondary N) is 4. The van der Waals surface area contributed by atoms with E-state index in [0.29, 0.717) is 64.0 Å². The number of hydrazine groups is 1. The highest BCUT2D eigenvalue weighted by atomic mass is 16.5. The lowest BCUT2D eigenvalue weighted by atomic mass is 9.84. The number of rotatable bonds is 25. The second-order valence-electron chi connectivity index (χ2n) is 20.2. The zero-order valence-electron chi connectivity index (χ0n) is 41.9. The van der Waals surface area contributed by atoms with E-state index in [1.165, 1.54) is 0 Å². The van der Waals surface area contributed by atoms with E-state index in [1.54, 1.807) is 17.1 Å². The Labute approximate surface area is 408 Å². The van der Waals surface area contributed by atoms with E-state index in [2.05, 4.69) is 95.8 Å². The molecule has 0 bridgehead atoms. The number of carbonyl (C=O) groups is 4. The van der Waals surface area contributed by atoms with Gasteiger partial charge < -0.3 is 30.4 Å². The Morgan fingerprint density at radius 1 is 1.09 bits per heavy atom. The van der Waals surface area contributed by atoms with Gasteiger partial charge in [-0.05, 0) is 130 Å². The highest BCUT2D eigenvalue weighted by molar-refractivity contribution is 5.95. The minimum atomic E-state index is -0.921. The van der Waals surface area contributed by atoms with Crippen molar-refractivity contribution in [1.82, 2.24) is 40.8 Å². The summed E-state index contributed by atoms with van der Waals surface area (Å²) in [6, 6.07) is 16.7. The monoisotopic (exact) mass is 946 g/mol. The molecule has 5 N–H and O–H groups in total. The predicted octanol–water partition coefficient (Wildman–Crippen LogP) is 6.86. The number of phenols is 1. The number of benzene rings is 2. The number of aromatic nitrogens is 2. The third kappa shape index (κ3) is 13.1. The van der Waals surface area contributed by atoms with Crippen molar-refractivity contribution in [2.75, 3.05) is 46.9 Å². The second-order valence-corrected chi connectivity index (χ2v) is 20.2. The Morgan fingerprint density at radius 2 is 1.87 bits per heavy atom. The van der Waals surface area contributed by atoms with Crippen LogP contribution in [-0.4, -0.2) is 114 Å². The molecule has 2 aromatic heterocycles. The molecule has 4 aromatic rings. The van der Waals surface area contributed by atoms with Gasteiger partial charge in [0.1, 0.15) is 11.8 Å². The minimum absolute atomic E-state index is 0.0491. The highest BCUT2D eigenvalue weighted by Gasteiger charge is 2.37. The van der Waals surface area contributed by atoms with Gasteiger partial charge in [0.25, 0.3) is 12.4 Å². The van der Waals surface area contributed by atoms with Gasteiger partial charge in [0.05, 0.1) is 30.1 Å². The van der Waals surface area contributed by atoms with Gasteiger partial charge >= 0.3 is 0 Å². The second kappa shape index (κ2) is 24.6. The molecule has 0 radical (unpaired) electrons. The number of phenolic OH excluding ortho intramolecular Hbond substituents is 1. The summed E-state index contributed by atoms with van der Waals surface area (Å²) in [5.74, 6) is -0.208. The first-order valence-electron chi connectivity index (χ1n) is 25.0. The fourth-order valence-electron chi connectivity index (χ4n) is 10.8. The van der Waals surface area contributed by atoms with Gasteiger partial charge in [0.15, 0.2) is 0 Å². The molecule has 4 unspecified atom stereocenters. The lowest BCUT2D eigenvalue weighted by Crippen LogP contribution is -2.59. The van der Waals surface area contributed by atoms with E-state index in [-0.39, 0.29) is 60.8 Å². The van der Waals surface area contributed by atoms with Crippen molar-refractivity contribution in [3.8, 4) is 34.2 Å². The Bertz CT molecular complexity index is 2410. The van der Waals surface area contributed by atoms with Crippen LogP contribution in [0.15, 0.2) is 54.7 Å². The van der Waals surface area contributed by atoms with Gasteiger partial charge in [-0.15, -0.1) is 0 Å². The van der Waals surface area contributed by atoms with Gasteiger partial charge in [-0.1, -0.05) is 52.7 Å². The van der Waals surface area contributed by atoms with Crippen LogP contribution in [0.1, 0.15) is 109 Å². The molecule has 15 heteroatoms. The van der Waals surface area contributed by atoms with Crippen molar-refractivity contribution >= 4 is 35.6 Å². The summed E-state index contributed by atoms with van der Waals surface area (Å²) in [5.41, 5.74) is 10.5. The van der Waals surface area contributed by atoms with Crippen molar-refractivity contribution in [2.45, 2.75) is 129 Å². The number of pyridine rings is 1. The summed E-state index contributed by atoms with van der Waals surface area (Å²) in [6.45, 7) is 14.2. The number of carbonyl (C=O) groups excluding carboxylic acids is 4. The topological polar surface area (TPSA) is 194 Å². The first-order chi connectivity index (χ1) is 33.2. The standard InChI is InChI=1S/C54H75N9O6/c1-8-62-48-18-17-39(30-44(48)45(31-54(4,5)33-69-35-65)51(62)43-16-13-22-58-49(43)36(2)3)41-26-37(27-42(66)29-41)28-47(53(68)63-24-12-11-23-59-63)60-52(67)50(38-14-9-10-15-38)61(7)25-20-46(56-6)40(19-21-55)32-57-34-64/h13,16-18,22,26-27,29-30,34-36,38,40,46-47,50,56,59,66H,8-12,14-15,19-20,23-25,28,31-33H2,1-7H3,(H,57,64)(H,60,67). The molecule has 69 heavy (non-hydrogen) atoms. The number of aromatic hydroxyl groups is 1. The molecular weight excluding hydrogens is 871 g/mol. The third-order valence-corrected chi connectivity index (χ3v) is 14.2. The maximum Gasteiger partial charge on any atom is 0.293 e. The number of ether oxygens (including phenoxy) is 1. The van der Waals surface area contributed by atoms with Crippen LogP contribution in [0, 0.1) is 28.6 Å². The zero-order chi connectivity index (χ0) is 49.7. The average Bonchev–Trinajstić information content (AvgIpc) is 3.98. The molecular formula is C54H75N9O6. The molecule has 2 aliphatic rings. The van der Waals surface area contributed by atoms with Crippen molar-refractivity contribution < 1.29 is 29.0 Å². The highest BCUT2D eigenvalue weighted by Crippen LogP contribution is 2.42. The number of fused-ring (bicyclic) bond motifs is 1. The van der Waals surface area contributed by atoms with E-state index in [4.69, 9.17) is 9.72 Å². The summed E-state index contributed by atoms with van der Waals surface area (Å²) >= 11 is 0. The van der Waals surface area contributed by atoms with Crippen LogP contribution in [0.25, 0.3) is 33.3 Å². The lowest BCUT2D eigenvalue weighted by molar-refractivity contribution is -0.141. The van der Waals surface area contributed by atoms with Gasteiger partial charge in [0.2, 0.25) is 12.3 Å². The van der Waals surface area contributed by atoms with Crippen LogP contribution in [-0.2, 0) is 43.3 Å². The molecule has 3 heterocycles. The Hall–Kier alpha value is -5.82. The molecule has 0 spiro atoms. The molecule has 4 atom stereocenters. The Morgan fingerprint density at radius 3 is 2.54 bits per heavy atom. The quantitative estimate of drug-likeness (QED) is 0.0436. The fraction of sp³-hybridized carbons (Fsp3) is 0.556. The van der Waals surface area contributed by atoms with E-state index in [9.17, 15) is 29.5 Å². The molecule has 1 aliphatic carbocycles. The summed E-state index contributed by atoms with van der Waals surface area (Å²) < 4.78 is 7.68. The van der Waals surface area contributed by atoms with Crippen LogP contribution in [0.2, 0.25) is 0 Å². The van der Waals surface area contributed by atoms with Gasteiger partial charge in [-0.2, -0.15) is 5.26 Å². The molecule has 1 saturated carbocycles. The van der Waals surface area contributed by atoms with Crippen molar-refractivity contribution in [3.05, 3.63) is 71.5 Å². The van der Waals surface area contributed by atoms with E-state index < -0.39 is 17.5 Å². The van der Waals surface area contributed by atoms with Crippen molar-refractivity contribution in [1.29, 1.82) is 5.26 Å². The maximum absolute atomic E-state index is 14.8. The molecule has 1 saturated heterocycles. The largest absolute Gasteiger partial charge is 0.508 e. The number of hydrogen-bond acceptors (Lipinski definition) is 11.